The van der Waals surface area contributed by atoms with Crippen LogP contribution in [0.3, 0.4) is 0 Å². The fourth-order valence-corrected chi connectivity index (χ4v) is 3.06. The Morgan fingerprint density at radius 2 is 2.00 bits per heavy atom. The van der Waals surface area contributed by atoms with E-state index in [1.54, 1.807) is 6.07 Å². The third kappa shape index (κ3) is 3.94. The van der Waals surface area contributed by atoms with Gasteiger partial charge in [-0.2, -0.15) is 0 Å². The van der Waals surface area contributed by atoms with Crippen LogP contribution in [0, 0.1) is 5.92 Å². The van der Waals surface area contributed by atoms with Crippen LogP contribution in [0.15, 0.2) is 22.7 Å². The number of benzene rings is 1. The van der Waals surface area contributed by atoms with Gasteiger partial charge in [0.15, 0.2) is 0 Å². The molecule has 0 aromatic heterocycles. The predicted molar refractivity (Wildman–Crippen MR) is 82.4 cm³/mol. The molecular weight excluding hydrogens is 304 g/mol. The second kappa shape index (κ2) is 6.73. The van der Waals surface area contributed by atoms with Crippen LogP contribution in [0.5, 0.6) is 5.75 Å². The molecular formula is C15H23BrN2O. The summed E-state index contributed by atoms with van der Waals surface area (Å²) in [7, 11) is 0. The third-order valence-electron chi connectivity index (χ3n) is 3.64. The van der Waals surface area contributed by atoms with Crippen LogP contribution in [0.25, 0.3) is 0 Å². The predicted octanol–water partition coefficient (Wildman–Crippen LogP) is 3.15. The number of nitrogens with one attached hydrogen (secondary N) is 1. The van der Waals surface area contributed by atoms with Gasteiger partial charge in [-0.3, -0.25) is 4.90 Å². The van der Waals surface area contributed by atoms with Crippen molar-refractivity contribution >= 4 is 15.9 Å². The topological polar surface area (TPSA) is 35.5 Å². The number of rotatable bonds is 4. The Kier molecular flexibility index (Phi) is 5.25. The molecule has 0 radical (unpaired) electrons. The molecule has 4 heteroatoms. The monoisotopic (exact) mass is 326 g/mol. The van der Waals surface area contributed by atoms with E-state index in [0.29, 0.717) is 17.7 Å². The summed E-state index contributed by atoms with van der Waals surface area (Å²) in [6.45, 7) is 8.85. The molecule has 2 N–H and O–H groups in total. The second-order valence-corrected chi connectivity index (χ2v) is 6.50. The lowest BCUT2D eigenvalue weighted by Gasteiger charge is -2.36. The first kappa shape index (κ1) is 14.8. The Hall–Kier alpha value is -0.580. The number of phenolic OH excluding ortho intramolecular Hbond substituents is 1. The molecule has 1 aliphatic rings. The molecule has 1 aliphatic heterocycles. The van der Waals surface area contributed by atoms with E-state index in [0.717, 1.165) is 37.1 Å². The number of nitrogens with zero attached hydrogens (tertiary/aromatic N) is 1. The average molecular weight is 327 g/mol. The Labute approximate surface area is 124 Å². The van der Waals surface area contributed by atoms with Crippen LogP contribution in [0.2, 0.25) is 0 Å². The molecule has 0 saturated carbocycles. The van der Waals surface area contributed by atoms with E-state index < -0.39 is 0 Å². The number of hydrogen-bond donors (Lipinski definition) is 2. The summed E-state index contributed by atoms with van der Waals surface area (Å²) in [6, 6.07) is 6.34. The van der Waals surface area contributed by atoms with Crippen molar-refractivity contribution in [1.82, 2.24) is 10.2 Å². The van der Waals surface area contributed by atoms with E-state index in [-0.39, 0.29) is 0 Å². The molecule has 2 rings (SSSR count). The highest BCUT2D eigenvalue weighted by Crippen LogP contribution is 2.33. The number of phenols is 1. The Morgan fingerprint density at radius 3 is 2.58 bits per heavy atom. The number of hydrogen-bond acceptors (Lipinski definition) is 3. The van der Waals surface area contributed by atoms with Crippen molar-refractivity contribution < 1.29 is 5.11 Å². The molecule has 0 aliphatic carbocycles. The first-order valence-corrected chi connectivity index (χ1v) is 7.80. The van der Waals surface area contributed by atoms with Gasteiger partial charge in [0.25, 0.3) is 0 Å². The van der Waals surface area contributed by atoms with Crippen LogP contribution in [-0.2, 0) is 0 Å². The zero-order valence-corrected chi connectivity index (χ0v) is 13.3. The zero-order chi connectivity index (χ0) is 13.8. The van der Waals surface area contributed by atoms with Gasteiger partial charge in [0, 0.05) is 32.2 Å². The maximum absolute atomic E-state index is 9.65. The highest BCUT2D eigenvalue weighted by atomic mass is 79.9. The summed E-state index contributed by atoms with van der Waals surface area (Å²) < 4.78 is 0.786. The summed E-state index contributed by atoms with van der Waals surface area (Å²) >= 11 is 3.42. The van der Waals surface area contributed by atoms with Gasteiger partial charge in [-0.25, -0.2) is 0 Å². The first-order valence-electron chi connectivity index (χ1n) is 7.01. The SMILES string of the molecule is CC(C)C[C@H](c1ccc(O)c(Br)c1)N1CCNCC1. The maximum atomic E-state index is 9.65. The second-order valence-electron chi connectivity index (χ2n) is 5.64. The fraction of sp³-hybridized carbons (Fsp3) is 0.600. The van der Waals surface area contributed by atoms with Gasteiger partial charge in [0.2, 0.25) is 0 Å². The number of halogens is 1. The maximum Gasteiger partial charge on any atom is 0.129 e. The number of piperazine rings is 1. The van der Waals surface area contributed by atoms with E-state index in [4.69, 9.17) is 0 Å². The van der Waals surface area contributed by atoms with Gasteiger partial charge in [-0.15, -0.1) is 0 Å². The van der Waals surface area contributed by atoms with Crippen molar-refractivity contribution in [3.05, 3.63) is 28.2 Å². The molecule has 0 unspecified atom stereocenters. The molecule has 3 nitrogen and oxygen atoms in total. The smallest absolute Gasteiger partial charge is 0.129 e. The van der Waals surface area contributed by atoms with Crippen LogP contribution in [0.1, 0.15) is 31.9 Å². The molecule has 0 bridgehead atoms. The van der Waals surface area contributed by atoms with Crippen LogP contribution >= 0.6 is 15.9 Å². The van der Waals surface area contributed by atoms with Gasteiger partial charge in [0.1, 0.15) is 5.75 Å². The molecule has 1 atom stereocenters. The quantitative estimate of drug-likeness (QED) is 0.892. The highest BCUT2D eigenvalue weighted by Gasteiger charge is 2.23. The van der Waals surface area contributed by atoms with Crippen molar-refractivity contribution in [2.75, 3.05) is 26.2 Å². The normalized spacial score (nSPS) is 18.7. The van der Waals surface area contributed by atoms with Crippen molar-refractivity contribution in [1.29, 1.82) is 0 Å². The Morgan fingerprint density at radius 1 is 1.32 bits per heavy atom. The fourth-order valence-electron chi connectivity index (χ4n) is 2.67. The molecule has 19 heavy (non-hydrogen) atoms. The minimum absolute atomic E-state index is 0.312. The van der Waals surface area contributed by atoms with E-state index in [2.05, 4.69) is 52.1 Å². The van der Waals surface area contributed by atoms with Crippen LogP contribution in [0.4, 0.5) is 0 Å². The lowest BCUT2D eigenvalue weighted by molar-refractivity contribution is 0.154. The Balaban J connectivity index is 2.22. The Bertz CT molecular complexity index is 417. The summed E-state index contributed by atoms with van der Waals surface area (Å²) in [5.41, 5.74) is 1.29. The lowest BCUT2D eigenvalue weighted by Crippen LogP contribution is -2.45. The standard InChI is InChI=1S/C15H23BrN2O/c1-11(2)9-14(18-7-5-17-6-8-18)12-3-4-15(19)13(16)10-12/h3-4,10-11,14,17,19H,5-9H2,1-2H3/t14-/m1/s1. The van der Waals surface area contributed by atoms with E-state index in [1.807, 2.05) is 0 Å². The third-order valence-corrected chi connectivity index (χ3v) is 4.28. The lowest BCUT2D eigenvalue weighted by atomic mass is 9.95. The van der Waals surface area contributed by atoms with Crippen molar-refractivity contribution in [3.63, 3.8) is 0 Å². The van der Waals surface area contributed by atoms with E-state index in [1.165, 1.54) is 5.56 Å². The minimum atomic E-state index is 0.312. The van der Waals surface area contributed by atoms with Crippen LogP contribution in [-0.4, -0.2) is 36.2 Å². The van der Waals surface area contributed by atoms with E-state index >= 15 is 0 Å². The molecule has 0 amide bonds. The first-order chi connectivity index (χ1) is 9.08. The van der Waals surface area contributed by atoms with Crippen molar-refractivity contribution in [3.8, 4) is 5.75 Å². The summed E-state index contributed by atoms with van der Waals surface area (Å²) in [6.07, 6.45) is 1.15. The molecule has 1 aromatic carbocycles. The van der Waals surface area contributed by atoms with Gasteiger partial charge >= 0.3 is 0 Å². The average Bonchev–Trinajstić information content (AvgIpc) is 2.40. The van der Waals surface area contributed by atoms with Gasteiger partial charge < -0.3 is 10.4 Å². The molecule has 0 spiro atoms. The summed E-state index contributed by atoms with van der Waals surface area (Å²) in [4.78, 5) is 2.55. The highest BCUT2D eigenvalue weighted by molar-refractivity contribution is 9.10. The zero-order valence-electron chi connectivity index (χ0n) is 11.7. The summed E-state index contributed by atoms with van der Waals surface area (Å²) in [5.74, 6) is 0.972. The van der Waals surface area contributed by atoms with Crippen LogP contribution < -0.4 is 5.32 Å². The van der Waals surface area contributed by atoms with Crippen molar-refractivity contribution in [2.45, 2.75) is 26.3 Å². The largest absolute Gasteiger partial charge is 0.507 e. The van der Waals surface area contributed by atoms with Gasteiger partial charge in [-0.05, 0) is 46.0 Å². The summed E-state index contributed by atoms with van der Waals surface area (Å²) in [5, 5.41) is 13.1. The van der Waals surface area contributed by atoms with Gasteiger partial charge in [0.05, 0.1) is 4.47 Å². The van der Waals surface area contributed by atoms with E-state index in [9.17, 15) is 5.11 Å². The minimum Gasteiger partial charge on any atom is -0.507 e. The molecule has 1 fully saturated rings. The van der Waals surface area contributed by atoms with Crippen molar-refractivity contribution in [2.24, 2.45) is 5.92 Å². The molecule has 106 valence electrons. The molecule has 1 saturated heterocycles. The molecule has 1 heterocycles. The molecule has 1 aromatic rings. The van der Waals surface area contributed by atoms with Gasteiger partial charge in [-0.1, -0.05) is 19.9 Å². The number of aromatic hydroxyl groups is 1.